The summed E-state index contributed by atoms with van der Waals surface area (Å²) < 4.78 is 1.40. The van der Waals surface area contributed by atoms with Gasteiger partial charge >= 0.3 is 5.97 Å². The zero-order valence-electron chi connectivity index (χ0n) is 10.7. The number of carboxylic acids is 1. The van der Waals surface area contributed by atoms with Crippen molar-refractivity contribution in [3.63, 3.8) is 0 Å². The molecule has 0 aliphatic carbocycles. The van der Waals surface area contributed by atoms with E-state index in [9.17, 15) is 19.8 Å². The molecule has 1 saturated heterocycles. The van der Waals surface area contributed by atoms with Crippen LogP contribution >= 0.6 is 45.2 Å². The maximum absolute atomic E-state index is 12.6. The van der Waals surface area contributed by atoms with Crippen molar-refractivity contribution in [1.29, 1.82) is 0 Å². The molecular formula is C13H13I2NO4. The second-order valence-electron chi connectivity index (χ2n) is 4.92. The second kappa shape index (κ2) is 5.66. The fraction of sp³-hybridized carbons (Fsp3) is 0.385. The Morgan fingerprint density at radius 2 is 2.00 bits per heavy atom. The van der Waals surface area contributed by atoms with E-state index in [0.29, 0.717) is 23.0 Å². The normalized spacial score (nSPS) is 22.1. The number of carbonyl (C=O) groups excluding carboxylic acids is 1. The van der Waals surface area contributed by atoms with Gasteiger partial charge in [0.2, 0.25) is 0 Å². The Labute approximate surface area is 143 Å². The molecule has 2 rings (SSSR count). The van der Waals surface area contributed by atoms with Gasteiger partial charge in [-0.15, -0.1) is 0 Å². The van der Waals surface area contributed by atoms with Crippen molar-refractivity contribution in [3.05, 3.63) is 24.8 Å². The van der Waals surface area contributed by atoms with Gasteiger partial charge in [-0.05, 0) is 77.1 Å². The number of phenols is 1. The van der Waals surface area contributed by atoms with E-state index < -0.39 is 17.4 Å². The Bertz CT molecular complexity index is 590. The highest BCUT2D eigenvalue weighted by atomic mass is 127. The van der Waals surface area contributed by atoms with E-state index in [-0.39, 0.29) is 11.3 Å². The van der Waals surface area contributed by atoms with Gasteiger partial charge in [0.05, 0.1) is 9.13 Å². The minimum absolute atomic E-state index is 0.0874. The van der Waals surface area contributed by atoms with Gasteiger partial charge in [-0.25, -0.2) is 4.79 Å². The summed E-state index contributed by atoms with van der Waals surface area (Å²) in [6.45, 7) is 1.94. The molecule has 1 aromatic rings. The molecule has 0 spiro atoms. The Morgan fingerprint density at radius 1 is 1.35 bits per heavy atom. The third-order valence-corrected chi connectivity index (χ3v) is 5.05. The maximum Gasteiger partial charge on any atom is 0.329 e. The van der Waals surface area contributed by atoms with Crippen LogP contribution in [0.3, 0.4) is 0 Å². The van der Waals surface area contributed by atoms with Gasteiger partial charge < -0.3 is 15.1 Å². The number of phenolic OH excluding ortho intramolecular Hbond substituents is 1. The highest BCUT2D eigenvalue weighted by molar-refractivity contribution is 14.1. The average molecular weight is 501 g/mol. The molecule has 5 nitrogen and oxygen atoms in total. The van der Waals surface area contributed by atoms with Crippen molar-refractivity contribution < 1.29 is 19.8 Å². The number of carbonyl (C=O) groups is 2. The van der Waals surface area contributed by atoms with Gasteiger partial charge in [-0.2, -0.15) is 0 Å². The molecule has 7 heteroatoms. The first-order valence-corrected chi connectivity index (χ1v) is 8.16. The molecule has 1 unspecified atom stereocenters. The van der Waals surface area contributed by atoms with Gasteiger partial charge in [-0.3, -0.25) is 4.79 Å². The van der Waals surface area contributed by atoms with Crippen molar-refractivity contribution in [1.82, 2.24) is 4.90 Å². The van der Waals surface area contributed by atoms with Gasteiger partial charge in [0.25, 0.3) is 5.91 Å². The predicted octanol–water partition coefficient (Wildman–Crippen LogP) is 2.68. The Hall–Kier alpha value is -0.580. The van der Waals surface area contributed by atoms with Crippen LogP contribution in [0, 0.1) is 7.14 Å². The molecule has 1 aliphatic rings. The third kappa shape index (κ3) is 2.61. The first-order chi connectivity index (χ1) is 9.27. The number of benzene rings is 1. The fourth-order valence-electron chi connectivity index (χ4n) is 2.39. The topological polar surface area (TPSA) is 77.8 Å². The SMILES string of the molecule is CC1(C(=O)O)CCCN1C(=O)c1cc(I)cc(I)c1O. The number of aromatic hydroxyl groups is 1. The largest absolute Gasteiger partial charge is 0.506 e. The molecule has 1 aliphatic heterocycles. The molecule has 0 bridgehead atoms. The number of likely N-dealkylation sites (tertiary alicyclic amines) is 1. The summed E-state index contributed by atoms with van der Waals surface area (Å²) in [6.07, 6.45) is 1.08. The minimum Gasteiger partial charge on any atom is -0.506 e. The summed E-state index contributed by atoms with van der Waals surface area (Å²) in [7, 11) is 0. The van der Waals surface area contributed by atoms with E-state index in [1.54, 1.807) is 19.1 Å². The van der Waals surface area contributed by atoms with E-state index in [0.717, 1.165) is 3.57 Å². The summed E-state index contributed by atoms with van der Waals surface area (Å²) in [6, 6.07) is 3.34. The molecule has 0 saturated carbocycles. The highest BCUT2D eigenvalue weighted by Crippen LogP contribution is 2.34. The van der Waals surface area contributed by atoms with Gasteiger partial charge in [0, 0.05) is 10.1 Å². The Kier molecular flexibility index (Phi) is 4.47. The number of nitrogens with zero attached hydrogens (tertiary/aromatic N) is 1. The van der Waals surface area contributed by atoms with Gasteiger partial charge in [-0.1, -0.05) is 0 Å². The molecule has 20 heavy (non-hydrogen) atoms. The van der Waals surface area contributed by atoms with Crippen molar-refractivity contribution in [2.24, 2.45) is 0 Å². The maximum atomic E-state index is 12.6. The smallest absolute Gasteiger partial charge is 0.329 e. The Morgan fingerprint density at radius 3 is 2.60 bits per heavy atom. The molecule has 0 aromatic heterocycles. The lowest BCUT2D eigenvalue weighted by Gasteiger charge is -2.31. The number of hydrogen-bond donors (Lipinski definition) is 2. The number of amides is 1. The van der Waals surface area contributed by atoms with Gasteiger partial charge in [0.15, 0.2) is 0 Å². The Balaban J connectivity index is 2.44. The first kappa shape index (κ1) is 15.8. The molecular weight excluding hydrogens is 488 g/mol. The quantitative estimate of drug-likeness (QED) is 0.612. The van der Waals surface area contributed by atoms with E-state index >= 15 is 0 Å². The molecule has 1 fully saturated rings. The van der Waals surface area contributed by atoms with Crippen LogP contribution in [-0.2, 0) is 4.79 Å². The lowest BCUT2D eigenvalue weighted by Crippen LogP contribution is -2.50. The number of halogens is 2. The number of hydrogen-bond acceptors (Lipinski definition) is 3. The molecule has 0 radical (unpaired) electrons. The molecule has 1 heterocycles. The summed E-state index contributed by atoms with van der Waals surface area (Å²) >= 11 is 4.02. The van der Waals surface area contributed by atoms with Crippen LogP contribution in [0.25, 0.3) is 0 Å². The number of aliphatic carboxylic acids is 1. The number of carboxylic acid groups (broad SMARTS) is 1. The summed E-state index contributed by atoms with van der Waals surface area (Å²) in [4.78, 5) is 25.4. The van der Waals surface area contributed by atoms with Crippen LogP contribution in [0.2, 0.25) is 0 Å². The molecule has 108 valence electrons. The second-order valence-corrected chi connectivity index (χ2v) is 7.33. The van der Waals surface area contributed by atoms with E-state index in [1.807, 2.05) is 22.6 Å². The zero-order valence-corrected chi connectivity index (χ0v) is 15.0. The summed E-state index contributed by atoms with van der Waals surface area (Å²) in [5.74, 6) is -1.53. The highest BCUT2D eigenvalue weighted by Gasteiger charge is 2.46. The van der Waals surface area contributed by atoms with Crippen molar-refractivity contribution >= 4 is 57.1 Å². The standard InChI is InChI=1S/C13H13I2NO4/c1-13(12(19)20)3-2-4-16(13)11(18)8-5-7(14)6-9(15)10(8)17/h5-6,17H,2-4H2,1H3,(H,19,20). The van der Waals surface area contributed by atoms with Crippen LogP contribution in [-0.4, -0.2) is 39.1 Å². The molecule has 2 N–H and O–H groups in total. The average Bonchev–Trinajstić information content (AvgIpc) is 2.76. The monoisotopic (exact) mass is 501 g/mol. The lowest BCUT2D eigenvalue weighted by molar-refractivity contribution is -0.147. The van der Waals surface area contributed by atoms with Crippen molar-refractivity contribution in [2.75, 3.05) is 6.54 Å². The molecule has 1 aromatic carbocycles. The number of rotatable bonds is 2. The van der Waals surface area contributed by atoms with Crippen LogP contribution in [0.5, 0.6) is 5.75 Å². The van der Waals surface area contributed by atoms with Crippen LogP contribution in [0.15, 0.2) is 12.1 Å². The fourth-order valence-corrected chi connectivity index (χ4v) is 4.23. The molecule has 1 atom stereocenters. The van der Waals surface area contributed by atoms with E-state index in [2.05, 4.69) is 22.6 Å². The summed E-state index contributed by atoms with van der Waals surface area (Å²) in [5.41, 5.74) is -1.04. The van der Waals surface area contributed by atoms with Crippen LogP contribution in [0.4, 0.5) is 0 Å². The van der Waals surface area contributed by atoms with Gasteiger partial charge in [0.1, 0.15) is 11.3 Å². The predicted molar refractivity (Wildman–Crippen MR) is 89.9 cm³/mol. The van der Waals surface area contributed by atoms with E-state index in [1.165, 1.54) is 4.90 Å². The van der Waals surface area contributed by atoms with Crippen LogP contribution in [0.1, 0.15) is 30.1 Å². The first-order valence-electron chi connectivity index (χ1n) is 6.01. The van der Waals surface area contributed by atoms with Crippen LogP contribution < -0.4 is 0 Å². The molecule has 1 amide bonds. The zero-order chi connectivity index (χ0) is 15.1. The van der Waals surface area contributed by atoms with E-state index in [4.69, 9.17) is 0 Å². The third-order valence-electron chi connectivity index (χ3n) is 3.61. The minimum atomic E-state index is -1.20. The lowest BCUT2D eigenvalue weighted by atomic mass is 9.98. The van der Waals surface area contributed by atoms with Crippen molar-refractivity contribution in [2.45, 2.75) is 25.3 Å². The summed E-state index contributed by atoms with van der Waals surface area (Å²) in [5, 5.41) is 19.4. The van der Waals surface area contributed by atoms with Crippen molar-refractivity contribution in [3.8, 4) is 5.75 Å².